The SMILES string of the molecule is COc1ccc(S(=O)(=O)C(NCC(=O)NO)C(C)C)cc1. The fourth-order valence-corrected chi connectivity index (χ4v) is 3.68. The van der Waals surface area contributed by atoms with Crippen molar-refractivity contribution in [3.63, 3.8) is 0 Å². The zero-order valence-corrected chi connectivity index (χ0v) is 13.0. The number of amides is 1. The number of hydrogen-bond acceptors (Lipinski definition) is 6. The van der Waals surface area contributed by atoms with Crippen LogP contribution >= 0.6 is 0 Å². The van der Waals surface area contributed by atoms with Crippen molar-refractivity contribution in [2.45, 2.75) is 24.1 Å². The van der Waals surface area contributed by atoms with Gasteiger partial charge in [0.15, 0.2) is 9.84 Å². The Kier molecular flexibility index (Phi) is 6.13. The first kappa shape index (κ1) is 17.4. The number of rotatable bonds is 7. The molecule has 0 aliphatic heterocycles. The summed E-state index contributed by atoms with van der Waals surface area (Å²) in [4.78, 5) is 11.2. The van der Waals surface area contributed by atoms with Crippen LogP contribution in [-0.2, 0) is 14.6 Å². The van der Waals surface area contributed by atoms with E-state index in [1.807, 2.05) is 0 Å². The van der Waals surface area contributed by atoms with Crippen LogP contribution < -0.4 is 15.5 Å². The summed E-state index contributed by atoms with van der Waals surface area (Å²) in [6, 6.07) is 6.03. The lowest BCUT2D eigenvalue weighted by atomic mass is 10.2. The van der Waals surface area contributed by atoms with Gasteiger partial charge in [-0.1, -0.05) is 13.8 Å². The van der Waals surface area contributed by atoms with E-state index in [-0.39, 0.29) is 17.4 Å². The number of carbonyl (C=O) groups excluding carboxylic acids is 1. The highest BCUT2D eigenvalue weighted by molar-refractivity contribution is 7.92. The zero-order chi connectivity index (χ0) is 16.0. The average Bonchev–Trinajstić information content (AvgIpc) is 2.46. The fourth-order valence-electron chi connectivity index (χ4n) is 1.85. The molecule has 1 aromatic carbocycles. The van der Waals surface area contributed by atoms with E-state index in [1.165, 1.54) is 24.7 Å². The molecule has 0 spiro atoms. The molecule has 0 aromatic heterocycles. The molecule has 0 aliphatic rings. The number of nitrogens with one attached hydrogen (secondary N) is 2. The Labute approximate surface area is 124 Å². The Balaban J connectivity index is 3.00. The maximum Gasteiger partial charge on any atom is 0.257 e. The highest BCUT2D eigenvalue weighted by Crippen LogP contribution is 2.22. The predicted octanol–water partition coefficient (Wildman–Crippen LogP) is 0.546. The van der Waals surface area contributed by atoms with Crippen LogP contribution in [0.15, 0.2) is 29.2 Å². The van der Waals surface area contributed by atoms with Crippen LogP contribution in [0.25, 0.3) is 0 Å². The Morgan fingerprint density at radius 3 is 2.29 bits per heavy atom. The van der Waals surface area contributed by atoms with Crippen LogP contribution in [0.2, 0.25) is 0 Å². The van der Waals surface area contributed by atoms with E-state index in [4.69, 9.17) is 9.94 Å². The molecule has 1 atom stereocenters. The second kappa shape index (κ2) is 7.39. The van der Waals surface area contributed by atoms with Crippen LogP contribution in [0.4, 0.5) is 0 Å². The van der Waals surface area contributed by atoms with Gasteiger partial charge in [-0.15, -0.1) is 0 Å². The van der Waals surface area contributed by atoms with Crippen LogP contribution in [0, 0.1) is 5.92 Å². The van der Waals surface area contributed by atoms with E-state index in [2.05, 4.69) is 5.32 Å². The minimum absolute atomic E-state index is 0.138. The third-order valence-corrected chi connectivity index (χ3v) is 5.23. The normalized spacial score (nSPS) is 13.0. The van der Waals surface area contributed by atoms with Gasteiger partial charge < -0.3 is 4.74 Å². The first-order chi connectivity index (χ1) is 9.82. The highest BCUT2D eigenvalue weighted by Gasteiger charge is 2.30. The van der Waals surface area contributed by atoms with Crippen LogP contribution in [0.3, 0.4) is 0 Å². The molecule has 1 rings (SSSR count). The minimum Gasteiger partial charge on any atom is -0.497 e. The topological polar surface area (TPSA) is 105 Å². The highest BCUT2D eigenvalue weighted by atomic mass is 32.2. The Bertz CT molecular complexity index is 569. The average molecular weight is 316 g/mol. The number of hydrogen-bond donors (Lipinski definition) is 3. The van der Waals surface area contributed by atoms with Crippen LogP contribution in [0.5, 0.6) is 5.75 Å². The Morgan fingerprint density at radius 2 is 1.86 bits per heavy atom. The summed E-state index contributed by atoms with van der Waals surface area (Å²) in [6.45, 7) is 3.17. The Morgan fingerprint density at radius 1 is 1.29 bits per heavy atom. The standard InChI is InChI=1S/C13H20N2O5S/c1-9(2)13(14-8-12(16)15-17)21(18,19)11-6-4-10(20-3)5-7-11/h4-7,9,13-14,17H,8H2,1-3H3,(H,15,16). The summed E-state index contributed by atoms with van der Waals surface area (Å²) >= 11 is 0. The van der Waals surface area contributed by atoms with Gasteiger partial charge in [0.05, 0.1) is 18.6 Å². The molecule has 21 heavy (non-hydrogen) atoms. The number of sulfone groups is 1. The van der Waals surface area contributed by atoms with Crippen LogP contribution in [-0.4, -0.2) is 38.6 Å². The molecule has 0 radical (unpaired) electrons. The van der Waals surface area contributed by atoms with Gasteiger partial charge >= 0.3 is 0 Å². The van der Waals surface area contributed by atoms with E-state index < -0.39 is 21.1 Å². The van der Waals surface area contributed by atoms with Crippen molar-refractivity contribution in [1.82, 2.24) is 10.8 Å². The number of carbonyl (C=O) groups is 1. The molecule has 3 N–H and O–H groups in total. The van der Waals surface area contributed by atoms with Crippen molar-refractivity contribution in [2.24, 2.45) is 5.92 Å². The van der Waals surface area contributed by atoms with E-state index >= 15 is 0 Å². The smallest absolute Gasteiger partial charge is 0.257 e. The quantitative estimate of drug-likeness (QED) is 0.501. The second-order valence-electron chi connectivity index (χ2n) is 4.80. The van der Waals surface area contributed by atoms with E-state index in [1.54, 1.807) is 26.0 Å². The number of ether oxygens (including phenoxy) is 1. The van der Waals surface area contributed by atoms with Gasteiger partial charge in [0.2, 0.25) is 0 Å². The molecule has 0 heterocycles. The number of benzene rings is 1. The number of hydroxylamine groups is 1. The monoisotopic (exact) mass is 316 g/mol. The van der Waals surface area contributed by atoms with E-state index in [0.717, 1.165) is 0 Å². The van der Waals surface area contributed by atoms with Gasteiger partial charge in [0.1, 0.15) is 11.1 Å². The first-order valence-corrected chi connectivity index (χ1v) is 7.91. The summed E-state index contributed by atoms with van der Waals surface area (Å²) in [5.74, 6) is -0.406. The maximum atomic E-state index is 12.6. The fraction of sp³-hybridized carbons (Fsp3) is 0.462. The van der Waals surface area contributed by atoms with Crippen molar-refractivity contribution in [2.75, 3.05) is 13.7 Å². The lowest BCUT2D eigenvalue weighted by Crippen LogP contribution is -2.45. The van der Waals surface area contributed by atoms with Crippen molar-refractivity contribution in [3.8, 4) is 5.75 Å². The molecular formula is C13H20N2O5S. The largest absolute Gasteiger partial charge is 0.497 e. The third kappa shape index (κ3) is 4.42. The Hall–Kier alpha value is -1.64. The van der Waals surface area contributed by atoms with Crippen molar-refractivity contribution in [1.29, 1.82) is 0 Å². The molecular weight excluding hydrogens is 296 g/mol. The molecule has 0 saturated carbocycles. The van der Waals surface area contributed by atoms with E-state index in [9.17, 15) is 13.2 Å². The van der Waals surface area contributed by atoms with E-state index in [0.29, 0.717) is 5.75 Å². The first-order valence-electron chi connectivity index (χ1n) is 6.37. The van der Waals surface area contributed by atoms with Gasteiger partial charge in [-0.2, -0.15) is 0 Å². The molecule has 0 aliphatic carbocycles. The van der Waals surface area contributed by atoms with Gasteiger partial charge in [-0.05, 0) is 30.2 Å². The van der Waals surface area contributed by atoms with Crippen molar-refractivity contribution < 1.29 is 23.2 Å². The van der Waals surface area contributed by atoms with Crippen LogP contribution in [0.1, 0.15) is 13.8 Å². The molecule has 8 heteroatoms. The molecule has 1 amide bonds. The van der Waals surface area contributed by atoms with Crippen molar-refractivity contribution in [3.05, 3.63) is 24.3 Å². The summed E-state index contributed by atoms with van der Waals surface area (Å²) in [6.07, 6.45) is 0. The summed E-state index contributed by atoms with van der Waals surface area (Å²) in [7, 11) is -2.16. The molecule has 0 saturated heterocycles. The summed E-state index contributed by atoms with van der Waals surface area (Å²) in [5.41, 5.74) is 1.45. The number of methoxy groups -OCH3 is 1. The summed E-state index contributed by atoms with van der Waals surface area (Å²) < 4.78 is 30.1. The zero-order valence-electron chi connectivity index (χ0n) is 12.2. The minimum atomic E-state index is -3.66. The predicted molar refractivity (Wildman–Crippen MR) is 76.7 cm³/mol. The third-order valence-electron chi connectivity index (χ3n) is 2.92. The van der Waals surface area contributed by atoms with Gasteiger partial charge in [0.25, 0.3) is 5.91 Å². The van der Waals surface area contributed by atoms with Gasteiger partial charge in [-0.25, -0.2) is 13.9 Å². The molecule has 1 unspecified atom stereocenters. The lowest BCUT2D eigenvalue weighted by molar-refractivity contribution is -0.128. The molecule has 7 nitrogen and oxygen atoms in total. The second-order valence-corrected chi connectivity index (χ2v) is 6.87. The molecule has 0 bridgehead atoms. The maximum absolute atomic E-state index is 12.6. The van der Waals surface area contributed by atoms with Gasteiger partial charge in [-0.3, -0.25) is 15.3 Å². The lowest BCUT2D eigenvalue weighted by Gasteiger charge is -2.22. The molecule has 118 valence electrons. The summed E-state index contributed by atoms with van der Waals surface area (Å²) in [5, 5.41) is 10.2. The van der Waals surface area contributed by atoms with Gasteiger partial charge in [0, 0.05) is 0 Å². The molecule has 0 fully saturated rings. The van der Waals surface area contributed by atoms with Crippen molar-refractivity contribution >= 4 is 15.7 Å². The molecule has 1 aromatic rings.